The molecule has 2 heterocycles. The number of aryl methyl sites for hydroxylation is 1. The molecule has 0 aliphatic carbocycles. The lowest BCUT2D eigenvalue weighted by molar-refractivity contribution is -0.255. The van der Waals surface area contributed by atoms with Gasteiger partial charge >= 0.3 is 0 Å². The molecule has 6 nitrogen and oxygen atoms in total. The molecule has 6 heteroatoms. The van der Waals surface area contributed by atoms with Gasteiger partial charge in [-0.1, -0.05) is 18.7 Å². The highest BCUT2D eigenvalue weighted by Crippen LogP contribution is 2.07. The molecule has 116 valence electrons. The molecule has 0 spiro atoms. The summed E-state index contributed by atoms with van der Waals surface area (Å²) in [7, 11) is 0. The van der Waals surface area contributed by atoms with Gasteiger partial charge in [0.2, 0.25) is 0 Å². The fraction of sp³-hybridized carbons (Fsp3) is 0.0588. The first-order chi connectivity index (χ1) is 11.0. The van der Waals surface area contributed by atoms with E-state index in [1.807, 2.05) is 6.92 Å². The zero-order valence-corrected chi connectivity index (χ0v) is 12.3. The first kappa shape index (κ1) is 14.6. The molecule has 3 rings (SSSR count). The van der Waals surface area contributed by atoms with Crippen molar-refractivity contribution in [2.75, 3.05) is 0 Å². The van der Waals surface area contributed by atoms with Crippen LogP contribution in [-0.4, -0.2) is 15.7 Å². The summed E-state index contributed by atoms with van der Waals surface area (Å²) in [6.07, 6.45) is 1.61. The summed E-state index contributed by atoms with van der Waals surface area (Å²) in [5.74, 6) is 0.0361. The van der Waals surface area contributed by atoms with Crippen molar-refractivity contribution in [1.29, 1.82) is 0 Å². The maximum Gasteiger partial charge on any atom is 0.279 e. The standard InChI is InChI=1S/C17H14N2O4/c1-10-3-8-14(23-10)9-15-11(2)18-19(16(15)20)13-6-4-12(5-7-13)17(21)22/h3-9,18H,2H2,1H3,(H,21,22)/p-1. The Labute approximate surface area is 130 Å². The number of hydrogen-bond acceptors (Lipinski definition) is 4. The Kier molecular flexibility index (Phi) is 3.50. The molecule has 2 aromatic heterocycles. The Balaban J connectivity index is 2.11. The van der Waals surface area contributed by atoms with Crippen LogP contribution < -0.4 is 21.2 Å². The summed E-state index contributed by atoms with van der Waals surface area (Å²) in [6, 6.07) is 9.35. The quantitative estimate of drug-likeness (QED) is 0.717. The van der Waals surface area contributed by atoms with Gasteiger partial charge in [-0.25, -0.2) is 4.68 Å². The first-order valence-electron chi connectivity index (χ1n) is 6.85. The van der Waals surface area contributed by atoms with Gasteiger partial charge in [-0.2, -0.15) is 0 Å². The second-order valence-corrected chi connectivity index (χ2v) is 5.07. The van der Waals surface area contributed by atoms with Crippen LogP contribution in [0.1, 0.15) is 21.9 Å². The topological polar surface area (TPSA) is 91.1 Å². The molecule has 0 aliphatic rings. The van der Waals surface area contributed by atoms with Gasteiger partial charge in [0.1, 0.15) is 11.5 Å². The third-order valence-electron chi connectivity index (χ3n) is 3.41. The third-order valence-corrected chi connectivity index (χ3v) is 3.41. The van der Waals surface area contributed by atoms with Crippen molar-refractivity contribution >= 4 is 18.6 Å². The Bertz CT molecular complexity index is 1040. The normalized spacial score (nSPS) is 11.8. The smallest absolute Gasteiger partial charge is 0.279 e. The van der Waals surface area contributed by atoms with E-state index < -0.39 is 5.97 Å². The molecule has 0 fully saturated rings. The number of carboxylic acid groups (broad SMARTS) is 1. The van der Waals surface area contributed by atoms with Crippen molar-refractivity contribution in [3.63, 3.8) is 0 Å². The van der Waals surface area contributed by atoms with Crippen LogP contribution in [0.3, 0.4) is 0 Å². The van der Waals surface area contributed by atoms with E-state index in [1.54, 1.807) is 18.2 Å². The number of nitrogens with one attached hydrogen (secondary N) is 1. The number of furan rings is 1. The molecule has 1 N–H and O–H groups in total. The van der Waals surface area contributed by atoms with Gasteiger partial charge in [-0.05, 0) is 42.8 Å². The van der Waals surface area contributed by atoms with E-state index in [2.05, 4.69) is 11.7 Å². The van der Waals surface area contributed by atoms with Crippen molar-refractivity contribution in [3.8, 4) is 5.69 Å². The molecule has 3 aromatic rings. The van der Waals surface area contributed by atoms with E-state index in [0.717, 1.165) is 5.76 Å². The molecule has 0 saturated carbocycles. The summed E-state index contributed by atoms with van der Waals surface area (Å²) < 4.78 is 6.73. The number of nitrogens with zero attached hydrogens (tertiary/aromatic N) is 1. The van der Waals surface area contributed by atoms with Gasteiger partial charge in [0, 0.05) is 0 Å². The van der Waals surface area contributed by atoms with Crippen molar-refractivity contribution in [2.24, 2.45) is 0 Å². The number of carbonyl (C=O) groups excluding carboxylic acids is 1. The first-order valence-corrected chi connectivity index (χ1v) is 6.85. The predicted molar refractivity (Wildman–Crippen MR) is 82.5 cm³/mol. The SMILES string of the molecule is C=c1[nH]n(-c2ccc(C(=O)[O-])cc2)c(=O)c1=Cc1ccc(C)o1. The average molecular weight is 309 g/mol. The monoisotopic (exact) mass is 309 g/mol. The largest absolute Gasteiger partial charge is 0.545 e. The van der Waals surface area contributed by atoms with E-state index >= 15 is 0 Å². The second-order valence-electron chi connectivity index (χ2n) is 5.07. The van der Waals surface area contributed by atoms with Crippen LogP contribution in [0.15, 0.2) is 45.6 Å². The number of carboxylic acids is 1. The summed E-state index contributed by atoms with van der Waals surface area (Å²) >= 11 is 0. The molecule has 0 saturated heterocycles. The Morgan fingerprint density at radius 2 is 1.96 bits per heavy atom. The van der Waals surface area contributed by atoms with Crippen molar-refractivity contribution in [3.05, 3.63) is 74.4 Å². The molecule has 1 aromatic carbocycles. The Morgan fingerprint density at radius 3 is 2.52 bits per heavy atom. The van der Waals surface area contributed by atoms with Gasteiger partial charge in [-0.3, -0.25) is 9.89 Å². The summed E-state index contributed by atoms with van der Waals surface area (Å²) in [5, 5.41) is 14.4. The van der Waals surface area contributed by atoms with Crippen LogP contribution in [0, 0.1) is 6.92 Å². The van der Waals surface area contributed by atoms with Crippen LogP contribution in [0.4, 0.5) is 0 Å². The Hall–Kier alpha value is -3.28. The van der Waals surface area contributed by atoms with Gasteiger partial charge in [0.05, 0.1) is 22.2 Å². The van der Waals surface area contributed by atoms with Gasteiger partial charge < -0.3 is 14.3 Å². The minimum atomic E-state index is -1.27. The molecule has 0 radical (unpaired) electrons. The van der Waals surface area contributed by atoms with Crippen molar-refractivity contribution in [2.45, 2.75) is 6.92 Å². The molecule has 23 heavy (non-hydrogen) atoms. The van der Waals surface area contributed by atoms with E-state index in [0.29, 0.717) is 22.0 Å². The van der Waals surface area contributed by atoms with E-state index in [4.69, 9.17) is 4.42 Å². The fourth-order valence-corrected chi connectivity index (χ4v) is 2.25. The number of aromatic nitrogens is 2. The molecule has 0 unspecified atom stereocenters. The predicted octanol–water partition coefficient (Wildman–Crippen LogP) is -0.330. The van der Waals surface area contributed by atoms with E-state index in [9.17, 15) is 14.7 Å². The van der Waals surface area contributed by atoms with Crippen molar-refractivity contribution < 1.29 is 14.3 Å². The highest BCUT2D eigenvalue weighted by Gasteiger charge is 2.06. The maximum atomic E-state index is 12.5. The Morgan fingerprint density at radius 1 is 1.26 bits per heavy atom. The molecule has 0 bridgehead atoms. The third kappa shape index (κ3) is 2.74. The number of benzene rings is 1. The molecule has 0 atom stereocenters. The lowest BCUT2D eigenvalue weighted by atomic mass is 10.2. The summed E-state index contributed by atoms with van der Waals surface area (Å²) in [5.41, 5.74) is 0.242. The second kappa shape index (κ2) is 5.49. The van der Waals surface area contributed by atoms with Crippen LogP contribution in [0.5, 0.6) is 0 Å². The zero-order valence-electron chi connectivity index (χ0n) is 12.3. The minimum absolute atomic E-state index is 0.0426. The number of H-pyrrole nitrogens is 1. The number of hydrogen-bond donors (Lipinski definition) is 1. The average Bonchev–Trinajstić information content (AvgIpc) is 3.05. The van der Waals surface area contributed by atoms with E-state index in [-0.39, 0.29) is 11.1 Å². The number of carbonyl (C=O) groups is 1. The van der Waals surface area contributed by atoms with Gasteiger partial charge in [0.15, 0.2) is 0 Å². The molecular weight excluding hydrogens is 296 g/mol. The number of rotatable bonds is 3. The maximum absolute atomic E-state index is 12.5. The fourth-order valence-electron chi connectivity index (χ4n) is 2.25. The molecule has 0 amide bonds. The van der Waals surface area contributed by atoms with Gasteiger partial charge in [0.25, 0.3) is 5.56 Å². The van der Waals surface area contributed by atoms with Crippen LogP contribution in [0.2, 0.25) is 0 Å². The zero-order chi connectivity index (χ0) is 16.6. The van der Waals surface area contributed by atoms with Gasteiger partial charge in [-0.15, -0.1) is 0 Å². The van der Waals surface area contributed by atoms with Crippen LogP contribution >= 0.6 is 0 Å². The van der Waals surface area contributed by atoms with Crippen LogP contribution in [-0.2, 0) is 0 Å². The van der Waals surface area contributed by atoms with Crippen LogP contribution in [0.25, 0.3) is 18.3 Å². The molecular formula is C17H13N2O4-. The number of aromatic carboxylic acids is 1. The van der Waals surface area contributed by atoms with E-state index in [1.165, 1.54) is 28.9 Å². The highest BCUT2D eigenvalue weighted by molar-refractivity contribution is 5.85. The van der Waals surface area contributed by atoms with Crippen molar-refractivity contribution in [1.82, 2.24) is 9.78 Å². The summed E-state index contributed by atoms with van der Waals surface area (Å²) in [6.45, 7) is 5.64. The summed E-state index contributed by atoms with van der Waals surface area (Å²) in [4.78, 5) is 23.3. The lowest BCUT2D eigenvalue weighted by Crippen LogP contribution is -2.33. The number of aromatic amines is 1. The highest BCUT2D eigenvalue weighted by atomic mass is 16.4. The minimum Gasteiger partial charge on any atom is -0.545 e. The lowest BCUT2D eigenvalue weighted by Gasteiger charge is -2.04. The molecule has 0 aliphatic heterocycles.